The molecule has 0 saturated carbocycles. The van der Waals surface area contributed by atoms with Gasteiger partial charge in [0.05, 0.1) is 12.1 Å². The molecule has 1 saturated heterocycles. The number of hydrogen-bond acceptors (Lipinski definition) is 7. The molecule has 1 aromatic carbocycles. The molecule has 3 heterocycles. The lowest BCUT2D eigenvalue weighted by Crippen LogP contribution is -2.46. The summed E-state index contributed by atoms with van der Waals surface area (Å²) in [7, 11) is 0. The maximum Gasteiger partial charge on any atom is 0.336 e. The van der Waals surface area contributed by atoms with Gasteiger partial charge in [-0.05, 0) is 31.5 Å². The zero-order valence-electron chi connectivity index (χ0n) is 18.2. The third-order valence-corrected chi connectivity index (χ3v) is 5.90. The SMILES string of the molecule is Cc1cc(C2=NC(C)(c3ccc(F)cc3)C(C(=O)O)=C(CN3CC(F)(F)CC3C(=O)O)N2)no1. The molecule has 0 bridgehead atoms. The highest BCUT2D eigenvalue weighted by atomic mass is 19.3. The number of likely N-dealkylation sites (tertiary alicyclic amines) is 1. The average molecular weight is 478 g/mol. The molecule has 0 spiro atoms. The topological polar surface area (TPSA) is 128 Å². The van der Waals surface area contributed by atoms with Crippen LogP contribution in [0.4, 0.5) is 13.2 Å². The lowest BCUT2D eigenvalue weighted by atomic mass is 9.82. The Hall–Kier alpha value is -3.67. The molecule has 0 amide bonds. The third kappa shape index (κ3) is 4.28. The molecule has 2 atom stereocenters. The van der Waals surface area contributed by atoms with Gasteiger partial charge in [-0.15, -0.1) is 0 Å². The molecule has 1 aromatic heterocycles. The Kier molecular flexibility index (Phi) is 5.72. The minimum atomic E-state index is -3.25. The van der Waals surface area contributed by atoms with Crippen LogP contribution in [0.25, 0.3) is 0 Å². The van der Waals surface area contributed by atoms with Crippen molar-refractivity contribution < 1.29 is 37.5 Å². The minimum absolute atomic E-state index is 0.0334. The largest absolute Gasteiger partial charge is 0.480 e. The van der Waals surface area contributed by atoms with Crippen LogP contribution < -0.4 is 5.32 Å². The lowest BCUT2D eigenvalue weighted by molar-refractivity contribution is -0.142. The van der Waals surface area contributed by atoms with E-state index in [9.17, 15) is 33.0 Å². The molecule has 12 heteroatoms. The molecule has 0 radical (unpaired) electrons. The number of carboxylic acid groups (broad SMARTS) is 2. The second-order valence-electron chi connectivity index (χ2n) is 8.47. The maximum atomic E-state index is 14.1. The summed E-state index contributed by atoms with van der Waals surface area (Å²) in [6.07, 6.45) is -0.892. The van der Waals surface area contributed by atoms with E-state index in [4.69, 9.17) is 4.52 Å². The van der Waals surface area contributed by atoms with Crippen LogP contribution in [-0.2, 0) is 15.1 Å². The van der Waals surface area contributed by atoms with Gasteiger partial charge in [0.25, 0.3) is 5.92 Å². The Balaban J connectivity index is 1.85. The third-order valence-electron chi connectivity index (χ3n) is 5.90. The Morgan fingerprint density at radius 1 is 1.26 bits per heavy atom. The summed E-state index contributed by atoms with van der Waals surface area (Å²) in [5.41, 5.74) is -1.35. The summed E-state index contributed by atoms with van der Waals surface area (Å²) < 4.78 is 46.8. The molecular formula is C22H21F3N4O5. The average Bonchev–Trinajstić information content (AvgIpc) is 3.30. The standard InChI is InChI=1S/C22H21F3N4O5/c1-11-7-14(28-34-11)18-26-15(9-29-10-22(24,25)8-16(29)19(30)31)17(20(32)33)21(2,27-18)12-3-5-13(23)6-4-12/h3-7,16H,8-10H2,1-2H3,(H,26,27)(H,30,31)(H,32,33). The smallest absolute Gasteiger partial charge is 0.336 e. The number of aliphatic carboxylic acids is 2. The van der Waals surface area contributed by atoms with Crippen LogP contribution >= 0.6 is 0 Å². The zero-order chi connectivity index (χ0) is 24.8. The highest BCUT2D eigenvalue weighted by Gasteiger charge is 2.50. The molecule has 0 aliphatic carbocycles. The number of aliphatic imine (C=N–C) groups is 1. The fourth-order valence-corrected chi connectivity index (χ4v) is 4.34. The first-order valence-electron chi connectivity index (χ1n) is 10.3. The molecule has 2 aliphatic heterocycles. The van der Waals surface area contributed by atoms with Crippen LogP contribution in [0.2, 0.25) is 0 Å². The Morgan fingerprint density at radius 2 is 1.94 bits per heavy atom. The van der Waals surface area contributed by atoms with Crippen LogP contribution in [0.3, 0.4) is 0 Å². The summed E-state index contributed by atoms with van der Waals surface area (Å²) in [5.74, 6) is -6.08. The van der Waals surface area contributed by atoms with Crippen molar-refractivity contribution in [2.75, 3.05) is 13.1 Å². The number of carbonyl (C=O) groups is 2. The summed E-state index contributed by atoms with van der Waals surface area (Å²) in [6, 6.07) is 5.09. The van der Waals surface area contributed by atoms with Gasteiger partial charge in [0.15, 0.2) is 5.84 Å². The molecule has 34 heavy (non-hydrogen) atoms. The fourth-order valence-electron chi connectivity index (χ4n) is 4.34. The van der Waals surface area contributed by atoms with Gasteiger partial charge in [0.1, 0.15) is 28.9 Å². The number of hydrogen-bond donors (Lipinski definition) is 3. The number of nitrogens with one attached hydrogen (secondary N) is 1. The number of alkyl halides is 2. The van der Waals surface area contributed by atoms with Crippen LogP contribution in [-0.4, -0.2) is 63.1 Å². The molecule has 2 aliphatic rings. The fraction of sp³-hybridized carbons (Fsp3) is 0.364. The van der Waals surface area contributed by atoms with E-state index in [1.54, 1.807) is 13.0 Å². The summed E-state index contributed by atoms with van der Waals surface area (Å²) in [4.78, 5) is 29.6. The number of aromatic nitrogens is 1. The normalized spacial score (nSPS) is 24.6. The van der Waals surface area contributed by atoms with Gasteiger partial charge in [-0.1, -0.05) is 17.3 Å². The zero-order valence-corrected chi connectivity index (χ0v) is 18.2. The first kappa shape index (κ1) is 23.5. The first-order valence-corrected chi connectivity index (χ1v) is 10.3. The Bertz CT molecular complexity index is 1210. The van der Waals surface area contributed by atoms with E-state index >= 15 is 0 Å². The molecule has 2 aromatic rings. The maximum absolute atomic E-state index is 14.1. The predicted octanol–water partition coefficient (Wildman–Crippen LogP) is 2.52. The van der Waals surface area contributed by atoms with Crippen molar-refractivity contribution >= 4 is 17.8 Å². The molecule has 4 rings (SSSR count). The van der Waals surface area contributed by atoms with Gasteiger partial charge < -0.3 is 20.1 Å². The van der Waals surface area contributed by atoms with Gasteiger partial charge in [-0.25, -0.2) is 23.0 Å². The Labute approximate surface area is 191 Å². The summed E-state index contributed by atoms with van der Waals surface area (Å²) in [6.45, 7) is 1.85. The summed E-state index contributed by atoms with van der Waals surface area (Å²) >= 11 is 0. The number of aryl methyl sites for hydroxylation is 1. The first-order chi connectivity index (χ1) is 15.9. The van der Waals surface area contributed by atoms with Crippen LogP contribution in [0, 0.1) is 12.7 Å². The van der Waals surface area contributed by atoms with Crippen molar-refractivity contribution in [1.82, 2.24) is 15.4 Å². The van der Waals surface area contributed by atoms with E-state index in [1.165, 1.54) is 19.1 Å². The highest BCUT2D eigenvalue weighted by molar-refractivity contribution is 6.03. The number of carboxylic acids is 2. The molecule has 9 nitrogen and oxygen atoms in total. The second kappa shape index (κ2) is 8.28. The number of rotatable bonds is 6. The van der Waals surface area contributed by atoms with Gasteiger partial charge in [0, 0.05) is 24.7 Å². The number of benzene rings is 1. The molecule has 2 unspecified atom stereocenters. The van der Waals surface area contributed by atoms with Gasteiger partial charge in [-0.3, -0.25) is 9.69 Å². The van der Waals surface area contributed by atoms with E-state index in [0.717, 1.165) is 17.0 Å². The van der Waals surface area contributed by atoms with Crippen molar-refractivity contribution in [3.8, 4) is 0 Å². The van der Waals surface area contributed by atoms with E-state index < -0.39 is 54.8 Å². The van der Waals surface area contributed by atoms with Gasteiger partial charge >= 0.3 is 11.9 Å². The number of halogens is 3. The predicted molar refractivity (Wildman–Crippen MR) is 112 cm³/mol. The lowest BCUT2D eigenvalue weighted by Gasteiger charge is -2.35. The second-order valence-corrected chi connectivity index (χ2v) is 8.47. The van der Waals surface area contributed by atoms with Crippen LogP contribution in [0.1, 0.15) is 30.4 Å². The Morgan fingerprint density at radius 3 is 2.50 bits per heavy atom. The van der Waals surface area contributed by atoms with E-state index in [0.29, 0.717) is 11.3 Å². The van der Waals surface area contributed by atoms with Gasteiger partial charge in [-0.2, -0.15) is 0 Å². The van der Waals surface area contributed by atoms with E-state index in [1.807, 2.05) is 0 Å². The van der Waals surface area contributed by atoms with E-state index in [-0.39, 0.29) is 22.8 Å². The highest BCUT2D eigenvalue weighted by Crippen LogP contribution is 2.40. The van der Waals surface area contributed by atoms with Crippen LogP contribution in [0.5, 0.6) is 0 Å². The van der Waals surface area contributed by atoms with Crippen LogP contribution in [0.15, 0.2) is 51.1 Å². The van der Waals surface area contributed by atoms with Crippen molar-refractivity contribution in [2.45, 2.75) is 37.8 Å². The molecule has 1 fully saturated rings. The number of amidine groups is 1. The quantitative estimate of drug-likeness (QED) is 0.578. The van der Waals surface area contributed by atoms with Crippen molar-refractivity contribution in [3.05, 3.63) is 64.4 Å². The molecular weight excluding hydrogens is 457 g/mol. The number of nitrogens with zero attached hydrogens (tertiary/aromatic N) is 3. The van der Waals surface area contributed by atoms with Crippen molar-refractivity contribution in [3.63, 3.8) is 0 Å². The monoisotopic (exact) mass is 478 g/mol. The van der Waals surface area contributed by atoms with E-state index in [2.05, 4.69) is 15.5 Å². The summed E-state index contributed by atoms with van der Waals surface area (Å²) in [5, 5.41) is 26.3. The molecule has 180 valence electrons. The molecule has 3 N–H and O–H groups in total. The van der Waals surface area contributed by atoms with Crippen molar-refractivity contribution in [1.29, 1.82) is 0 Å². The van der Waals surface area contributed by atoms with Crippen molar-refractivity contribution in [2.24, 2.45) is 4.99 Å². The minimum Gasteiger partial charge on any atom is -0.480 e. The van der Waals surface area contributed by atoms with Gasteiger partial charge in [0.2, 0.25) is 0 Å².